The fourth-order valence-corrected chi connectivity index (χ4v) is 1.39. The fourth-order valence-electron chi connectivity index (χ4n) is 1.39. The zero-order chi connectivity index (χ0) is 13.1. The SMILES string of the molecule is Cn1cc(Oc2ccc([N+](=O)[O-])cc2C#N)cn1. The quantitative estimate of drug-likeness (QED) is 0.607. The number of nitriles is 1. The molecule has 0 unspecified atom stereocenters. The average molecular weight is 244 g/mol. The lowest BCUT2D eigenvalue weighted by molar-refractivity contribution is -0.384. The maximum absolute atomic E-state index is 10.6. The first kappa shape index (κ1) is 11.6. The van der Waals surface area contributed by atoms with Crippen molar-refractivity contribution in [3.63, 3.8) is 0 Å². The summed E-state index contributed by atoms with van der Waals surface area (Å²) in [7, 11) is 1.73. The molecule has 0 atom stereocenters. The Labute approximate surface area is 102 Å². The Morgan fingerprint density at radius 3 is 2.89 bits per heavy atom. The molecule has 7 nitrogen and oxygen atoms in total. The zero-order valence-electron chi connectivity index (χ0n) is 9.40. The van der Waals surface area contributed by atoms with Crippen molar-refractivity contribution < 1.29 is 9.66 Å². The Hall–Kier alpha value is -2.88. The van der Waals surface area contributed by atoms with Crippen molar-refractivity contribution in [3.05, 3.63) is 46.3 Å². The van der Waals surface area contributed by atoms with Crippen LogP contribution < -0.4 is 4.74 Å². The molecule has 0 fully saturated rings. The molecule has 2 rings (SSSR count). The van der Waals surface area contributed by atoms with Crippen LogP contribution in [-0.4, -0.2) is 14.7 Å². The second-order valence-corrected chi connectivity index (χ2v) is 3.50. The van der Waals surface area contributed by atoms with E-state index in [9.17, 15) is 10.1 Å². The van der Waals surface area contributed by atoms with E-state index in [0.717, 1.165) is 0 Å². The predicted octanol–water partition coefficient (Wildman–Crippen LogP) is 1.99. The van der Waals surface area contributed by atoms with E-state index < -0.39 is 4.92 Å². The number of aromatic nitrogens is 2. The van der Waals surface area contributed by atoms with Crippen molar-refractivity contribution in [2.75, 3.05) is 0 Å². The zero-order valence-corrected chi connectivity index (χ0v) is 9.40. The number of rotatable bonds is 3. The average Bonchev–Trinajstić information content (AvgIpc) is 2.75. The number of ether oxygens (including phenoxy) is 1. The van der Waals surface area contributed by atoms with Gasteiger partial charge in [0.2, 0.25) is 0 Å². The number of nitro benzene ring substituents is 1. The third-order valence-electron chi connectivity index (χ3n) is 2.20. The van der Waals surface area contributed by atoms with Gasteiger partial charge in [-0.2, -0.15) is 10.4 Å². The maximum atomic E-state index is 10.6. The fraction of sp³-hybridized carbons (Fsp3) is 0.0909. The van der Waals surface area contributed by atoms with Crippen LogP contribution in [0, 0.1) is 21.4 Å². The Kier molecular flexibility index (Phi) is 2.93. The van der Waals surface area contributed by atoms with Gasteiger partial charge >= 0.3 is 0 Å². The molecule has 0 bridgehead atoms. The standard InChI is InChI=1S/C11H8N4O3/c1-14-7-10(6-13-14)18-11-3-2-9(15(16)17)4-8(11)5-12/h2-4,6-7H,1H3. The predicted molar refractivity (Wildman–Crippen MR) is 61.1 cm³/mol. The van der Waals surface area contributed by atoms with Gasteiger partial charge in [0.25, 0.3) is 5.69 Å². The lowest BCUT2D eigenvalue weighted by atomic mass is 10.2. The number of hydrogen-bond donors (Lipinski definition) is 0. The summed E-state index contributed by atoms with van der Waals surface area (Å²) in [5.74, 6) is 0.721. The number of hydrogen-bond acceptors (Lipinski definition) is 5. The van der Waals surface area contributed by atoms with E-state index >= 15 is 0 Å². The Balaban J connectivity index is 2.34. The molecule has 0 aliphatic rings. The molecule has 1 aromatic carbocycles. The largest absolute Gasteiger partial charge is 0.453 e. The number of benzene rings is 1. The normalized spacial score (nSPS) is 9.78. The van der Waals surface area contributed by atoms with Crippen molar-refractivity contribution in [2.24, 2.45) is 7.05 Å². The molecular formula is C11H8N4O3. The van der Waals surface area contributed by atoms with Crippen molar-refractivity contribution in [1.29, 1.82) is 5.26 Å². The van der Waals surface area contributed by atoms with Gasteiger partial charge in [0.1, 0.15) is 17.4 Å². The van der Waals surface area contributed by atoms with Crippen molar-refractivity contribution in [1.82, 2.24) is 9.78 Å². The van der Waals surface area contributed by atoms with Gasteiger partial charge in [0.05, 0.1) is 17.3 Å². The van der Waals surface area contributed by atoms with Gasteiger partial charge in [-0.1, -0.05) is 0 Å². The third-order valence-corrected chi connectivity index (χ3v) is 2.20. The number of nitrogens with zero attached hydrogens (tertiary/aromatic N) is 4. The molecule has 0 spiro atoms. The first-order valence-corrected chi connectivity index (χ1v) is 4.95. The Bertz CT molecular complexity index is 642. The highest BCUT2D eigenvalue weighted by atomic mass is 16.6. The van der Waals surface area contributed by atoms with E-state index in [0.29, 0.717) is 5.75 Å². The van der Waals surface area contributed by atoms with Crippen molar-refractivity contribution >= 4 is 5.69 Å². The molecule has 0 saturated heterocycles. The summed E-state index contributed by atoms with van der Waals surface area (Å²) in [4.78, 5) is 10.0. The topological polar surface area (TPSA) is 94.0 Å². The van der Waals surface area contributed by atoms with Gasteiger partial charge in [-0.25, -0.2) is 0 Å². The van der Waals surface area contributed by atoms with E-state index in [2.05, 4.69) is 5.10 Å². The van der Waals surface area contributed by atoms with Crippen LogP contribution in [0.15, 0.2) is 30.6 Å². The summed E-state index contributed by atoms with van der Waals surface area (Å²) in [5, 5.41) is 23.4. The number of nitro groups is 1. The van der Waals surface area contributed by atoms with Crippen LogP contribution in [0.4, 0.5) is 5.69 Å². The van der Waals surface area contributed by atoms with Gasteiger partial charge < -0.3 is 4.74 Å². The minimum atomic E-state index is -0.561. The van der Waals surface area contributed by atoms with Gasteiger partial charge in [-0.05, 0) is 6.07 Å². The second kappa shape index (κ2) is 4.55. The molecule has 1 heterocycles. The number of non-ortho nitro benzene ring substituents is 1. The van der Waals surface area contributed by atoms with Crippen LogP contribution >= 0.6 is 0 Å². The van der Waals surface area contributed by atoms with Gasteiger partial charge in [-0.3, -0.25) is 14.8 Å². The van der Waals surface area contributed by atoms with Crippen LogP contribution in [0.5, 0.6) is 11.5 Å². The molecule has 2 aromatic rings. The van der Waals surface area contributed by atoms with E-state index in [-0.39, 0.29) is 17.0 Å². The molecule has 7 heteroatoms. The second-order valence-electron chi connectivity index (χ2n) is 3.50. The minimum Gasteiger partial charge on any atom is -0.453 e. The van der Waals surface area contributed by atoms with Crippen LogP contribution in [0.2, 0.25) is 0 Å². The van der Waals surface area contributed by atoms with Gasteiger partial charge in [0, 0.05) is 19.2 Å². The minimum absolute atomic E-state index is 0.105. The van der Waals surface area contributed by atoms with Crippen LogP contribution in [0.3, 0.4) is 0 Å². The third kappa shape index (κ3) is 2.27. The monoisotopic (exact) mass is 244 g/mol. The van der Waals surface area contributed by atoms with Crippen molar-refractivity contribution in [2.45, 2.75) is 0 Å². The highest BCUT2D eigenvalue weighted by Gasteiger charge is 2.12. The first-order valence-electron chi connectivity index (χ1n) is 4.95. The van der Waals surface area contributed by atoms with Crippen LogP contribution in [-0.2, 0) is 7.05 Å². The maximum Gasteiger partial charge on any atom is 0.271 e. The van der Waals surface area contributed by atoms with Gasteiger partial charge in [-0.15, -0.1) is 0 Å². The highest BCUT2D eigenvalue weighted by molar-refractivity contribution is 5.51. The molecule has 0 amide bonds. The summed E-state index contributed by atoms with van der Waals surface area (Å²) >= 11 is 0. The Morgan fingerprint density at radius 1 is 1.56 bits per heavy atom. The first-order chi connectivity index (χ1) is 8.60. The molecule has 0 saturated carbocycles. The van der Waals surface area contributed by atoms with Crippen LogP contribution in [0.1, 0.15) is 5.56 Å². The lowest BCUT2D eigenvalue weighted by Crippen LogP contribution is -1.92. The smallest absolute Gasteiger partial charge is 0.271 e. The summed E-state index contributed by atoms with van der Waals surface area (Å²) < 4.78 is 6.98. The number of aryl methyl sites for hydroxylation is 1. The van der Waals surface area contributed by atoms with E-state index in [1.807, 2.05) is 6.07 Å². The molecule has 0 radical (unpaired) electrons. The van der Waals surface area contributed by atoms with E-state index in [4.69, 9.17) is 10.00 Å². The molecule has 0 aliphatic heterocycles. The molecule has 18 heavy (non-hydrogen) atoms. The summed E-state index contributed by atoms with van der Waals surface area (Å²) in [6.07, 6.45) is 3.12. The summed E-state index contributed by atoms with van der Waals surface area (Å²) in [6.45, 7) is 0. The molecular weight excluding hydrogens is 236 g/mol. The van der Waals surface area contributed by atoms with E-state index in [1.165, 1.54) is 24.4 Å². The molecule has 0 N–H and O–H groups in total. The lowest BCUT2D eigenvalue weighted by Gasteiger charge is -2.04. The molecule has 1 aromatic heterocycles. The molecule has 90 valence electrons. The summed E-state index contributed by atoms with van der Waals surface area (Å²) in [6, 6.07) is 5.71. The Morgan fingerprint density at radius 2 is 2.33 bits per heavy atom. The molecule has 0 aliphatic carbocycles. The van der Waals surface area contributed by atoms with Crippen molar-refractivity contribution in [3.8, 4) is 17.6 Å². The van der Waals surface area contributed by atoms with Crippen LogP contribution in [0.25, 0.3) is 0 Å². The van der Waals surface area contributed by atoms with E-state index in [1.54, 1.807) is 17.9 Å². The highest BCUT2D eigenvalue weighted by Crippen LogP contribution is 2.27. The summed E-state index contributed by atoms with van der Waals surface area (Å²) in [5.41, 5.74) is -0.0434. The van der Waals surface area contributed by atoms with Gasteiger partial charge in [0.15, 0.2) is 5.75 Å².